The van der Waals surface area contributed by atoms with Crippen LogP contribution in [0, 0.1) is 0 Å². The van der Waals surface area contributed by atoms with Crippen LogP contribution in [0.15, 0.2) is 28.9 Å². The Labute approximate surface area is 107 Å². The number of halogens is 1. The molecule has 2 aromatic heterocycles. The van der Waals surface area contributed by atoms with E-state index >= 15 is 0 Å². The van der Waals surface area contributed by atoms with Crippen molar-refractivity contribution < 1.29 is 9.26 Å². The highest BCUT2D eigenvalue weighted by Crippen LogP contribution is 2.38. The third-order valence-electron chi connectivity index (χ3n) is 2.76. The number of anilines is 1. The highest BCUT2D eigenvalue weighted by Gasteiger charge is 2.16. The van der Waals surface area contributed by atoms with Crippen LogP contribution in [0.3, 0.4) is 0 Å². The van der Waals surface area contributed by atoms with Crippen molar-refractivity contribution in [3.63, 3.8) is 0 Å². The summed E-state index contributed by atoms with van der Waals surface area (Å²) in [5.74, 6) is 1.61. The zero-order valence-electron chi connectivity index (χ0n) is 9.53. The molecular formula is C12H10ClN3O2. The maximum atomic E-state index is 6.22. The van der Waals surface area contributed by atoms with Crippen LogP contribution in [-0.4, -0.2) is 17.3 Å². The third kappa shape index (κ3) is 1.52. The van der Waals surface area contributed by atoms with Gasteiger partial charge < -0.3 is 20.0 Å². The van der Waals surface area contributed by atoms with E-state index in [0.29, 0.717) is 22.4 Å². The first-order valence-electron chi connectivity index (χ1n) is 5.27. The summed E-state index contributed by atoms with van der Waals surface area (Å²) in [7, 11) is 1.61. The largest absolute Gasteiger partial charge is 0.495 e. The summed E-state index contributed by atoms with van der Waals surface area (Å²) >= 11 is 6.22. The molecule has 0 atom stereocenters. The predicted octanol–water partition coefficient (Wildman–Crippen LogP) is 3.07. The van der Waals surface area contributed by atoms with Crippen molar-refractivity contribution in [3.05, 3.63) is 29.4 Å². The number of hydrogen-bond donors (Lipinski definition) is 2. The fourth-order valence-electron chi connectivity index (χ4n) is 1.96. The van der Waals surface area contributed by atoms with E-state index in [2.05, 4.69) is 10.1 Å². The molecule has 3 aromatic rings. The number of nitrogens with one attached hydrogen (secondary N) is 1. The van der Waals surface area contributed by atoms with Gasteiger partial charge in [-0.2, -0.15) is 0 Å². The van der Waals surface area contributed by atoms with Gasteiger partial charge in [-0.25, -0.2) is 0 Å². The van der Waals surface area contributed by atoms with Gasteiger partial charge in [0.2, 0.25) is 0 Å². The molecule has 5 nitrogen and oxygen atoms in total. The van der Waals surface area contributed by atoms with Crippen LogP contribution in [0.4, 0.5) is 5.82 Å². The Morgan fingerprint density at radius 3 is 2.94 bits per heavy atom. The molecule has 0 amide bonds. The number of nitrogens with zero attached hydrogens (tertiary/aromatic N) is 1. The molecule has 0 spiro atoms. The standard InChI is InChI=1S/C12H10ClN3O2/c1-17-8-3-2-7(13)11-6(5-15-12(8)11)9-4-10(14)16-18-9/h2-5,15H,1H3,(H2,14,16). The molecule has 92 valence electrons. The van der Waals surface area contributed by atoms with Gasteiger partial charge in [-0.05, 0) is 12.1 Å². The average molecular weight is 264 g/mol. The molecule has 3 N–H and O–H groups in total. The highest BCUT2D eigenvalue weighted by atomic mass is 35.5. The minimum Gasteiger partial charge on any atom is -0.495 e. The second-order valence-electron chi connectivity index (χ2n) is 3.82. The van der Waals surface area contributed by atoms with Crippen LogP contribution in [0.25, 0.3) is 22.2 Å². The molecule has 0 fully saturated rings. The Hall–Kier alpha value is -2.14. The van der Waals surface area contributed by atoms with Crippen LogP contribution in [0.2, 0.25) is 5.02 Å². The van der Waals surface area contributed by atoms with Gasteiger partial charge >= 0.3 is 0 Å². The second kappa shape index (κ2) is 3.96. The smallest absolute Gasteiger partial charge is 0.171 e. The number of aromatic nitrogens is 2. The van der Waals surface area contributed by atoms with Crippen molar-refractivity contribution in [1.82, 2.24) is 10.1 Å². The second-order valence-corrected chi connectivity index (χ2v) is 4.23. The van der Waals surface area contributed by atoms with Gasteiger partial charge in [0, 0.05) is 23.2 Å². The summed E-state index contributed by atoms with van der Waals surface area (Å²) in [5, 5.41) is 5.10. The number of rotatable bonds is 2. The first-order chi connectivity index (χ1) is 8.70. The summed E-state index contributed by atoms with van der Waals surface area (Å²) in [6.07, 6.45) is 1.79. The Morgan fingerprint density at radius 2 is 2.28 bits per heavy atom. The van der Waals surface area contributed by atoms with Gasteiger partial charge in [-0.1, -0.05) is 16.8 Å². The van der Waals surface area contributed by atoms with Crippen LogP contribution >= 0.6 is 11.6 Å². The Bertz CT molecular complexity index is 717. The summed E-state index contributed by atoms with van der Waals surface area (Å²) < 4.78 is 10.4. The monoisotopic (exact) mass is 263 g/mol. The number of fused-ring (bicyclic) bond motifs is 1. The van der Waals surface area contributed by atoms with Crippen LogP contribution in [0.1, 0.15) is 0 Å². The van der Waals surface area contributed by atoms with Gasteiger partial charge in [0.25, 0.3) is 0 Å². The molecule has 2 heterocycles. The maximum Gasteiger partial charge on any atom is 0.171 e. The number of nitrogens with two attached hydrogens (primary N) is 1. The molecule has 6 heteroatoms. The van der Waals surface area contributed by atoms with Gasteiger partial charge in [0.1, 0.15) is 5.75 Å². The summed E-state index contributed by atoms with van der Waals surface area (Å²) in [4.78, 5) is 3.12. The normalized spacial score (nSPS) is 11.0. The first kappa shape index (κ1) is 11.0. The lowest BCUT2D eigenvalue weighted by molar-refractivity contribution is 0.419. The van der Waals surface area contributed by atoms with Crippen molar-refractivity contribution in [2.24, 2.45) is 0 Å². The Kier molecular flexibility index (Phi) is 2.41. The number of nitrogen functional groups attached to an aromatic ring is 1. The van der Waals surface area contributed by atoms with Crippen LogP contribution < -0.4 is 10.5 Å². The van der Waals surface area contributed by atoms with E-state index in [1.54, 1.807) is 31.5 Å². The molecule has 0 radical (unpaired) electrons. The van der Waals surface area contributed by atoms with E-state index in [1.807, 2.05) is 0 Å². The molecule has 18 heavy (non-hydrogen) atoms. The SMILES string of the molecule is COc1ccc(Cl)c2c(-c3cc(N)no3)c[nH]c12. The van der Waals surface area contributed by atoms with Gasteiger partial charge in [0.15, 0.2) is 11.6 Å². The summed E-state index contributed by atoms with van der Waals surface area (Å²) in [6.45, 7) is 0. The predicted molar refractivity (Wildman–Crippen MR) is 69.8 cm³/mol. The molecular weight excluding hydrogens is 254 g/mol. The van der Waals surface area contributed by atoms with Crippen molar-refractivity contribution in [1.29, 1.82) is 0 Å². The van der Waals surface area contributed by atoms with Gasteiger partial charge in [-0.3, -0.25) is 0 Å². The minimum atomic E-state index is 0.332. The molecule has 3 rings (SSSR count). The number of aromatic amines is 1. The fraction of sp³-hybridized carbons (Fsp3) is 0.0833. The van der Waals surface area contributed by atoms with Crippen molar-refractivity contribution in [2.45, 2.75) is 0 Å². The Balaban J connectivity index is 2.31. The topological polar surface area (TPSA) is 77.1 Å². The van der Waals surface area contributed by atoms with Crippen LogP contribution in [-0.2, 0) is 0 Å². The number of hydrogen-bond acceptors (Lipinski definition) is 4. The highest BCUT2D eigenvalue weighted by molar-refractivity contribution is 6.36. The van der Waals surface area contributed by atoms with Gasteiger partial charge in [-0.15, -0.1) is 0 Å². The minimum absolute atomic E-state index is 0.332. The lowest BCUT2D eigenvalue weighted by Gasteiger charge is -2.03. The van der Waals surface area contributed by atoms with E-state index in [9.17, 15) is 0 Å². The molecule has 0 saturated heterocycles. The van der Waals surface area contributed by atoms with E-state index in [1.165, 1.54) is 0 Å². The number of H-pyrrole nitrogens is 1. The summed E-state index contributed by atoms with van der Waals surface area (Å²) in [6, 6.07) is 5.23. The average Bonchev–Trinajstić information content (AvgIpc) is 2.96. The van der Waals surface area contributed by atoms with Gasteiger partial charge in [0.05, 0.1) is 17.6 Å². The number of benzene rings is 1. The molecule has 0 saturated carbocycles. The molecule has 0 aliphatic carbocycles. The lowest BCUT2D eigenvalue weighted by Crippen LogP contribution is -1.84. The molecule has 0 aliphatic heterocycles. The first-order valence-corrected chi connectivity index (χ1v) is 5.64. The molecule has 0 bridgehead atoms. The molecule has 1 aromatic carbocycles. The van der Waals surface area contributed by atoms with Crippen LogP contribution in [0.5, 0.6) is 5.75 Å². The zero-order valence-corrected chi connectivity index (χ0v) is 10.3. The number of methoxy groups -OCH3 is 1. The zero-order chi connectivity index (χ0) is 12.7. The quantitative estimate of drug-likeness (QED) is 0.745. The molecule has 0 unspecified atom stereocenters. The van der Waals surface area contributed by atoms with Crippen molar-refractivity contribution >= 4 is 28.3 Å². The van der Waals surface area contributed by atoms with E-state index in [0.717, 1.165) is 16.5 Å². The number of ether oxygens (including phenoxy) is 1. The third-order valence-corrected chi connectivity index (χ3v) is 3.08. The van der Waals surface area contributed by atoms with E-state index < -0.39 is 0 Å². The Morgan fingerprint density at radius 1 is 1.44 bits per heavy atom. The lowest BCUT2D eigenvalue weighted by atomic mass is 10.1. The van der Waals surface area contributed by atoms with Crippen molar-refractivity contribution in [3.8, 4) is 17.1 Å². The van der Waals surface area contributed by atoms with E-state index in [-0.39, 0.29) is 0 Å². The molecule has 0 aliphatic rings. The summed E-state index contributed by atoms with van der Waals surface area (Å²) in [5.41, 5.74) is 7.17. The maximum absolute atomic E-state index is 6.22. The fourth-order valence-corrected chi connectivity index (χ4v) is 2.22. The van der Waals surface area contributed by atoms with Crippen molar-refractivity contribution in [2.75, 3.05) is 12.8 Å². The van der Waals surface area contributed by atoms with E-state index in [4.69, 9.17) is 26.6 Å².